The van der Waals surface area contributed by atoms with Crippen molar-refractivity contribution in [1.29, 1.82) is 0 Å². The summed E-state index contributed by atoms with van der Waals surface area (Å²) in [5, 5.41) is 14.3. The van der Waals surface area contributed by atoms with Crippen LogP contribution >= 0.6 is 0 Å². The summed E-state index contributed by atoms with van der Waals surface area (Å²) in [6.45, 7) is 1.92. The maximum atomic E-state index is 11.0. The van der Waals surface area contributed by atoms with Crippen molar-refractivity contribution in [1.82, 2.24) is 0 Å². The van der Waals surface area contributed by atoms with Gasteiger partial charge < -0.3 is 15.2 Å². The lowest BCUT2D eigenvalue weighted by Gasteiger charge is -2.14. The standard InChI is InChI=1S/C13H18N2O4/c1-9(3-8-12(16)17)14-10-4-6-11(7-5-10)15-13(18)19-2/h4-7,9,14H,3,8H2,1-2H3,(H,15,18)(H,16,17). The van der Waals surface area contributed by atoms with Crippen LogP contribution in [0.2, 0.25) is 0 Å². The maximum Gasteiger partial charge on any atom is 0.411 e. The van der Waals surface area contributed by atoms with Crippen molar-refractivity contribution >= 4 is 23.4 Å². The molecule has 0 heterocycles. The van der Waals surface area contributed by atoms with Crippen molar-refractivity contribution in [2.75, 3.05) is 17.7 Å². The molecule has 0 radical (unpaired) electrons. The van der Waals surface area contributed by atoms with Crippen LogP contribution in [-0.2, 0) is 9.53 Å². The molecule has 1 unspecified atom stereocenters. The van der Waals surface area contributed by atoms with Gasteiger partial charge in [-0.25, -0.2) is 4.79 Å². The van der Waals surface area contributed by atoms with Crippen LogP contribution in [0.25, 0.3) is 0 Å². The molecular formula is C13H18N2O4. The Morgan fingerprint density at radius 1 is 1.26 bits per heavy atom. The topological polar surface area (TPSA) is 87.7 Å². The van der Waals surface area contributed by atoms with E-state index >= 15 is 0 Å². The summed E-state index contributed by atoms with van der Waals surface area (Å²) in [5.74, 6) is -0.800. The molecule has 104 valence electrons. The van der Waals surface area contributed by atoms with Gasteiger partial charge >= 0.3 is 12.1 Å². The van der Waals surface area contributed by atoms with Crippen LogP contribution in [0.15, 0.2) is 24.3 Å². The average Bonchev–Trinajstić information content (AvgIpc) is 2.38. The zero-order valence-electron chi connectivity index (χ0n) is 11.0. The van der Waals surface area contributed by atoms with Gasteiger partial charge in [0.25, 0.3) is 0 Å². The van der Waals surface area contributed by atoms with Crippen molar-refractivity contribution in [3.63, 3.8) is 0 Å². The first kappa shape index (κ1) is 14.8. The number of anilines is 2. The zero-order chi connectivity index (χ0) is 14.3. The van der Waals surface area contributed by atoms with Crippen molar-refractivity contribution in [3.05, 3.63) is 24.3 Å². The summed E-state index contributed by atoms with van der Waals surface area (Å²) in [4.78, 5) is 21.4. The van der Waals surface area contributed by atoms with E-state index in [0.29, 0.717) is 12.1 Å². The quantitative estimate of drug-likeness (QED) is 0.736. The number of carbonyl (C=O) groups excluding carboxylic acids is 1. The Balaban J connectivity index is 2.47. The fourth-order valence-electron chi connectivity index (χ4n) is 1.52. The predicted octanol–water partition coefficient (Wildman–Crippen LogP) is 2.53. The Hall–Kier alpha value is -2.24. The highest BCUT2D eigenvalue weighted by molar-refractivity contribution is 5.84. The summed E-state index contributed by atoms with van der Waals surface area (Å²) in [6, 6.07) is 7.16. The number of hydrogen-bond acceptors (Lipinski definition) is 4. The summed E-state index contributed by atoms with van der Waals surface area (Å²) in [6.07, 6.45) is 0.170. The zero-order valence-corrected chi connectivity index (χ0v) is 11.0. The smallest absolute Gasteiger partial charge is 0.411 e. The third-order valence-corrected chi connectivity index (χ3v) is 2.52. The summed E-state index contributed by atoms with van der Waals surface area (Å²) in [5.41, 5.74) is 1.50. The number of methoxy groups -OCH3 is 1. The first-order chi connectivity index (χ1) is 9.01. The Morgan fingerprint density at radius 3 is 2.37 bits per heavy atom. The monoisotopic (exact) mass is 266 g/mol. The molecule has 0 saturated heterocycles. The maximum absolute atomic E-state index is 11.0. The number of hydrogen-bond donors (Lipinski definition) is 3. The number of carboxylic acid groups (broad SMARTS) is 1. The molecule has 0 aliphatic heterocycles. The number of rotatable bonds is 6. The van der Waals surface area contributed by atoms with Gasteiger partial charge in [-0.3, -0.25) is 10.1 Å². The van der Waals surface area contributed by atoms with Crippen LogP contribution in [0.1, 0.15) is 19.8 Å². The number of amides is 1. The van der Waals surface area contributed by atoms with Crippen LogP contribution in [0, 0.1) is 0 Å². The first-order valence-corrected chi connectivity index (χ1v) is 5.94. The third kappa shape index (κ3) is 5.76. The predicted molar refractivity (Wildman–Crippen MR) is 72.4 cm³/mol. The van der Waals surface area contributed by atoms with Gasteiger partial charge in [0.05, 0.1) is 7.11 Å². The van der Waals surface area contributed by atoms with E-state index in [4.69, 9.17) is 5.11 Å². The van der Waals surface area contributed by atoms with Gasteiger partial charge in [-0.15, -0.1) is 0 Å². The minimum absolute atomic E-state index is 0.0653. The molecule has 3 N–H and O–H groups in total. The van der Waals surface area contributed by atoms with Gasteiger partial charge in [0, 0.05) is 23.8 Å². The van der Waals surface area contributed by atoms with Crippen molar-refractivity contribution in [2.24, 2.45) is 0 Å². The number of benzene rings is 1. The van der Waals surface area contributed by atoms with Gasteiger partial charge in [-0.1, -0.05) is 0 Å². The fraction of sp³-hybridized carbons (Fsp3) is 0.385. The molecule has 1 rings (SSSR count). The normalized spacial score (nSPS) is 11.5. The molecule has 6 heteroatoms. The van der Waals surface area contributed by atoms with Gasteiger partial charge in [0.2, 0.25) is 0 Å². The van der Waals surface area contributed by atoms with Gasteiger partial charge in [-0.2, -0.15) is 0 Å². The highest BCUT2D eigenvalue weighted by atomic mass is 16.5. The summed E-state index contributed by atoms with van der Waals surface area (Å²) in [7, 11) is 1.30. The molecule has 0 fully saturated rings. The molecule has 1 aromatic rings. The average molecular weight is 266 g/mol. The van der Waals surface area contributed by atoms with Crippen LogP contribution in [0.3, 0.4) is 0 Å². The molecule has 0 aromatic heterocycles. The number of aliphatic carboxylic acids is 1. The first-order valence-electron chi connectivity index (χ1n) is 5.94. The number of carboxylic acids is 1. The largest absolute Gasteiger partial charge is 0.481 e. The number of nitrogens with one attached hydrogen (secondary N) is 2. The highest BCUT2D eigenvalue weighted by Gasteiger charge is 2.05. The Morgan fingerprint density at radius 2 is 1.84 bits per heavy atom. The Bertz CT molecular complexity index is 431. The van der Waals surface area contributed by atoms with E-state index in [1.165, 1.54) is 7.11 Å². The van der Waals surface area contributed by atoms with Crippen molar-refractivity contribution in [2.45, 2.75) is 25.8 Å². The van der Waals surface area contributed by atoms with E-state index in [1.54, 1.807) is 12.1 Å². The van der Waals surface area contributed by atoms with E-state index in [2.05, 4.69) is 15.4 Å². The molecule has 0 spiro atoms. The second-order valence-corrected chi connectivity index (χ2v) is 4.17. The lowest BCUT2D eigenvalue weighted by Crippen LogP contribution is -2.16. The summed E-state index contributed by atoms with van der Waals surface area (Å²) < 4.78 is 4.48. The lowest BCUT2D eigenvalue weighted by atomic mass is 10.1. The van der Waals surface area contributed by atoms with E-state index in [-0.39, 0.29) is 12.5 Å². The molecule has 1 atom stereocenters. The molecule has 0 aliphatic carbocycles. The highest BCUT2D eigenvalue weighted by Crippen LogP contribution is 2.15. The third-order valence-electron chi connectivity index (χ3n) is 2.52. The van der Waals surface area contributed by atoms with Gasteiger partial charge in [-0.05, 0) is 37.6 Å². The molecule has 1 amide bonds. The molecule has 0 saturated carbocycles. The van der Waals surface area contributed by atoms with Crippen molar-refractivity contribution in [3.8, 4) is 0 Å². The van der Waals surface area contributed by atoms with E-state index in [0.717, 1.165) is 5.69 Å². The number of carbonyl (C=O) groups is 2. The minimum Gasteiger partial charge on any atom is -0.481 e. The minimum atomic E-state index is -0.800. The van der Waals surface area contributed by atoms with Crippen LogP contribution in [-0.4, -0.2) is 30.3 Å². The molecule has 0 aliphatic rings. The van der Waals surface area contributed by atoms with Crippen LogP contribution in [0.5, 0.6) is 0 Å². The Labute approximate surface area is 111 Å². The fourth-order valence-corrected chi connectivity index (χ4v) is 1.52. The van der Waals surface area contributed by atoms with Crippen LogP contribution < -0.4 is 10.6 Å². The molecule has 6 nitrogen and oxygen atoms in total. The van der Waals surface area contributed by atoms with Crippen LogP contribution in [0.4, 0.5) is 16.2 Å². The van der Waals surface area contributed by atoms with Crippen molar-refractivity contribution < 1.29 is 19.4 Å². The number of ether oxygens (including phenoxy) is 1. The molecule has 19 heavy (non-hydrogen) atoms. The Kier molecular flexibility index (Phi) is 5.66. The van der Waals surface area contributed by atoms with E-state index in [9.17, 15) is 9.59 Å². The second kappa shape index (κ2) is 7.25. The second-order valence-electron chi connectivity index (χ2n) is 4.17. The molecular weight excluding hydrogens is 248 g/mol. The van der Waals surface area contributed by atoms with E-state index in [1.807, 2.05) is 19.1 Å². The van der Waals surface area contributed by atoms with Gasteiger partial charge in [0.1, 0.15) is 0 Å². The summed E-state index contributed by atoms with van der Waals surface area (Å²) >= 11 is 0. The van der Waals surface area contributed by atoms with Gasteiger partial charge in [0.15, 0.2) is 0 Å². The lowest BCUT2D eigenvalue weighted by molar-refractivity contribution is -0.137. The SMILES string of the molecule is COC(=O)Nc1ccc(NC(C)CCC(=O)O)cc1. The molecule has 0 bridgehead atoms. The molecule has 1 aromatic carbocycles. The van der Waals surface area contributed by atoms with E-state index < -0.39 is 12.1 Å².